The molecule has 1 saturated heterocycles. The summed E-state index contributed by atoms with van der Waals surface area (Å²) in [4.78, 5) is 14.0. The van der Waals surface area contributed by atoms with Crippen molar-refractivity contribution in [1.82, 2.24) is 14.7 Å². The van der Waals surface area contributed by atoms with Crippen molar-refractivity contribution in [2.45, 2.75) is 12.5 Å². The van der Waals surface area contributed by atoms with Crippen molar-refractivity contribution in [3.63, 3.8) is 0 Å². The first-order chi connectivity index (χ1) is 10.1. The van der Waals surface area contributed by atoms with E-state index >= 15 is 0 Å². The van der Waals surface area contributed by atoms with Gasteiger partial charge in [-0.05, 0) is 18.6 Å². The first-order valence-corrected chi connectivity index (χ1v) is 7.25. The Labute approximate surface area is 131 Å². The Bertz CT molecular complexity index is 668. The molecule has 0 aliphatic carbocycles. The van der Waals surface area contributed by atoms with Crippen molar-refractivity contribution in [3.8, 4) is 0 Å². The van der Waals surface area contributed by atoms with Crippen molar-refractivity contribution in [3.05, 3.63) is 52.0 Å². The van der Waals surface area contributed by atoms with Gasteiger partial charge in [-0.1, -0.05) is 29.3 Å². The van der Waals surface area contributed by atoms with Crippen LogP contribution in [0.5, 0.6) is 0 Å². The van der Waals surface area contributed by atoms with Crippen molar-refractivity contribution in [2.24, 2.45) is 0 Å². The maximum atomic E-state index is 13.8. The molecule has 1 aromatic heterocycles. The summed E-state index contributed by atoms with van der Waals surface area (Å²) < 4.78 is 15.5. The maximum Gasteiger partial charge on any atom is 0.258 e. The van der Waals surface area contributed by atoms with E-state index in [0.717, 1.165) is 6.42 Å². The highest BCUT2D eigenvalue weighted by Crippen LogP contribution is 2.27. The summed E-state index contributed by atoms with van der Waals surface area (Å²) in [5, 5.41) is 4.83. The van der Waals surface area contributed by atoms with Gasteiger partial charge >= 0.3 is 0 Å². The standard InChI is InChI=1S/C14H12Cl2FN3O/c15-9-6-18-20(7-9)10-4-5-19(8-10)14(21)13-11(16)2-1-3-12(13)17/h1-3,6-7,10H,4-5,8H2. The monoisotopic (exact) mass is 327 g/mol. The summed E-state index contributed by atoms with van der Waals surface area (Å²) in [5.41, 5.74) is -0.0710. The molecule has 7 heteroatoms. The third-order valence-corrected chi connectivity index (χ3v) is 4.08. The highest BCUT2D eigenvalue weighted by molar-refractivity contribution is 6.33. The van der Waals surface area contributed by atoms with Gasteiger partial charge in [-0.2, -0.15) is 5.10 Å². The molecule has 1 unspecified atom stereocenters. The van der Waals surface area contributed by atoms with E-state index in [2.05, 4.69) is 5.10 Å². The molecule has 1 aliphatic rings. The molecule has 21 heavy (non-hydrogen) atoms. The number of nitrogens with zero attached hydrogens (tertiary/aromatic N) is 3. The molecule has 4 nitrogen and oxygen atoms in total. The number of rotatable bonds is 2. The summed E-state index contributed by atoms with van der Waals surface area (Å²) in [6.45, 7) is 0.993. The highest BCUT2D eigenvalue weighted by atomic mass is 35.5. The average molecular weight is 328 g/mol. The van der Waals surface area contributed by atoms with Crippen LogP contribution in [-0.4, -0.2) is 33.7 Å². The van der Waals surface area contributed by atoms with Crippen LogP contribution in [0.3, 0.4) is 0 Å². The van der Waals surface area contributed by atoms with Crippen molar-refractivity contribution < 1.29 is 9.18 Å². The van der Waals surface area contributed by atoms with E-state index in [0.29, 0.717) is 18.1 Å². The summed E-state index contributed by atoms with van der Waals surface area (Å²) in [6.07, 6.45) is 4.02. The van der Waals surface area contributed by atoms with Gasteiger partial charge < -0.3 is 4.90 Å². The van der Waals surface area contributed by atoms with Crippen LogP contribution in [0.25, 0.3) is 0 Å². The molecule has 1 atom stereocenters. The quantitative estimate of drug-likeness (QED) is 0.847. The number of likely N-dealkylation sites (tertiary alicyclic amines) is 1. The van der Waals surface area contributed by atoms with Crippen LogP contribution in [0.4, 0.5) is 4.39 Å². The second-order valence-corrected chi connectivity index (χ2v) is 5.77. The van der Waals surface area contributed by atoms with Crippen LogP contribution < -0.4 is 0 Å². The van der Waals surface area contributed by atoms with Gasteiger partial charge in [0.05, 0.1) is 27.8 Å². The lowest BCUT2D eigenvalue weighted by molar-refractivity contribution is 0.0782. The van der Waals surface area contributed by atoms with Crippen LogP contribution in [-0.2, 0) is 0 Å². The SMILES string of the molecule is O=C(c1c(F)cccc1Cl)N1CCC(n2cc(Cl)cn2)C1. The van der Waals surface area contributed by atoms with Crippen molar-refractivity contribution >= 4 is 29.1 Å². The minimum Gasteiger partial charge on any atom is -0.336 e. The van der Waals surface area contributed by atoms with E-state index in [1.807, 2.05) is 0 Å². The van der Waals surface area contributed by atoms with Crippen LogP contribution in [0.1, 0.15) is 22.8 Å². The number of aromatic nitrogens is 2. The molecule has 0 spiro atoms. The number of amides is 1. The zero-order chi connectivity index (χ0) is 15.0. The summed E-state index contributed by atoms with van der Waals surface area (Å²) in [6, 6.07) is 4.28. The Morgan fingerprint density at radius 1 is 1.38 bits per heavy atom. The summed E-state index contributed by atoms with van der Waals surface area (Å²) in [5.74, 6) is -0.989. The molecule has 0 N–H and O–H groups in total. The van der Waals surface area contributed by atoms with Gasteiger partial charge in [0.1, 0.15) is 5.82 Å². The zero-order valence-corrected chi connectivity index (χ0v) is 12.5. The molecule has 2 heterocycles. The third kappa shape index (κ3) is 2.76. The Kier molecular flexibility index (Phi) is 3.87. The fourth-order valence-electron chi connectivity index (χ4n) is 2.52. The Morgan fingerprint density at radius 3 is 2.86 bits per heavy atom. The van der Waals surface area contributed by atoms with E-state index < -0.39 is 5.82 Å². The number of benzene rings is 1. The van der Waals surface area contributed by atoms with Gasteiger partial charge in [0, 0.05) is 19.3 Å². The van der Waals surface area contributed by atoms with Crippen LogP contribution in [0, 0.1) is 5.82 Å². The summed E-state index contributed by atoms with van der Waals surface area (Å²) >= 11 is 11.8. The van der Waals surface area contributed by atoms with Gasteiger partial charge in [0.25, 0.3) is 5.91 Å². The van der Waals surface area contributed by atoms with E-state index in [4.69, 9.17) is 23.2 Å². The van der Waals surface area contributed by atoms with Gasteiger partial charge in [-0.25, -0.2) is 4.39 Å². The second-order valence-electron chi connectivity index (χ2n) is 4.93. The first-order valence-electron chi connectivity index (χ1n) is 6.49. The Balaban J connectivity index is 1.78. The fourth-order valence-corrected chi connectivity index (χ4v) is 2.90. The minimum absolute atomic E-state index is 0.0481. The molecule has 1 fully saturated rings. The van der Waals surface area contributed by atoms with E-state index in [1.54, 1.807) is 22.0 Å². The molecule has 1 aliphatic heterocycles. The van der Waals surface area contributed by atoms with E-state index in [1.165, 1.54) is 18.2 Å². The lowest BCUT2D eigenvalue weighted by Gasteiger charge is -2.17. The summed E-state index contributed by atoms with van der Waals surface area (Å²) in [7, 11) is 0. The number of halogens is 3. The molecule has 0 saturated carbocycles. The molecule has 110 valence electrons. The maximum absolute atomic E-state index is 13.8. The molecular weight excluding hydrogens is 316 g/mol. The predicted octanol–water partition coefficient (Wildman–Crippen LogP) is 3.42. The van der Waals surface area contributed by atoms with E-state index in [9.17, 15) is 9.18 Å². The molecule has 0 radical (unpaired) electrons. The first kappa shape index (κ1) is 14.4. The molecule has 1 amide bonds. The zero-order valence-electron chi connectivity index (χ0n) is 11.0. The molecule has 1 aromatic carbocycles. The van der Waals surface area contributed by atoms with Crippen molar-refractivity contribution in [2.75, 3.05) is 13.1 Å². The number of hydrogen-bond acceptors (Lipinski definition) is 2. The van der Waals surface area contributed by atoms with Crippen LogP contribution in [0.2, 0.25) is 10.0 Å². The predicted molar refractivity (Wildman–Crippen MR) is 78.2 cm³/mol. The van der Waals surface area contributed by atoms with Crippen molar-refractivity contribution in [1.29, 1.82) is 0 Å². The molecule has 3 rings (SSSR count). The normalized spacial score (nSPS) is 18.2. The smallest absolute Gasteiger partial charge is 0.258 e. The third-order valence-electron chi connectivity index (χ3n) is 3.57. The topological polar surface area (TPSA) is 38.1 Å². The Morgan fingerprint density at radius 2 is 2.19 bits per heavy atom. The Hall–Kier alpha value is -1.59. The molecule has 0 bridgehead atoms. The molecular formula is C14H12Cl2FN3O. The fraction of sp³-hybridized carbons (Fsp3) is 0.286. The van der Waals surface area contributed by atoms with Gasteiger partial charge in [-0.3, -0.25) is 9.48 Å². The number of hydrogen-bond donors (Lipinski definition) is 0. The van der Waals surface area contributed by atoms with Crippen LogP contribution in [0.15, 0.2) is 30.6 Å². The minimum atomic E-state index is -0.599. The number of carbonyl (C=O) groups excluding carboxylic acids is 1. The molecule has 2 aromatic rings. The lowest BCUT2D eigenvalue weighted by Crippen LogP contribution is -2.30. The van der Waals surface area contributed by atoms with Crippen LogP contribution >= 0.6 is 23.2 Å². The van der Waals surface area contributed by atoms with Gasteiger partial charge in [0.15, 0.2) is 0 Å². The van der Waals surface area contributed by atoms with Gasteiger partial charge in [0.2, 0.25) is 0 Å². The largest absolute Gasteiger partial charge is 0.336 e. The highest BCUT2D eigenvalue weighted by Gasteiger charge is 2.30. The number of carbonyl (C=O) groups is 1. The van der Waals surface area contributed by atoms with E-state index in [-0.39, 0.29) is 22.5 Å². The second kappa shape index (κ2) is 5.66. The lowest BCUT2D eigenvalue weighted by atomic mass is 10.2. The van der Waals surface area contributed by atoms with Gasteiger partial charge in [-0.15, -0.1) is 0 Å². The average Bonchev–Trinajstić information content (AvgIpc) is 3.06.